The van der Waals surface area contributed by atoms with Gasteiger partial charge in [-0.3, -0.25) is 4.98 Å². The second-order valence-corrected chi connectivity index (χ2v) is 13.7. The predicted octanol–water partition coefficient (Wildman–Crippen LogP) is 11.7. The smallest absolute Gasteiger partial charge is 0.160 e. The standard InChI is InChI=1S/C46H31N3/c1-46(2)39-9-4-3-8-35(39)36-19-18-34(26-40(36)46)41-27-42(49-45(48-41)33-14-10-28(11-15-33)29-22-24-47-25-23-29)37-20-16-32-13-12-30-6-5-7-31-17-21-38(37)44(32)43(30)31/h3-27H,1-2H3. The fourth-order valence-corrected chi connectivity index (χ4v) is 8.04. The molecule has 230 valence electrons. The van der Waals surface area contributed by atoms with Gasteiger partial charge < -0.3 is 0 Å². The molecule has 2 heterocycles. The molecule has 0 N–H and O–H groups in total. The van der Waals surface area contributed by atoms with Crippen molar-refractivity contribution < 1.29 is 0 Å². The Bertz CT molecular complexity index is 2710. The van der Waals surface area contributed by atoms with E-state index in [0.29, 0.717) is 5.82 Å². The summed E-state index contributed by atoms with van der Waals surface area (Å²) in [6.45, 7) is 4.65. The summed E-state index contributed by atoms with van der Waals surface area (Å²) >= 11 is 0. The van der Waals surface area contributed by atoms with Crippen LogP contribution in [-0.4, -0.2) is 15.0 Å². The van der Waals surface area contributed by atoms with E-state index in [1.54, 1.807) is 0 Å². The highest BCUT2D eigenvalue weighted by Crippen LogP contribution is 2.49. The molecule has 1 aliphatic carbocycles. The summed E-state index contributed by atoms with van der Waals surface area (Å²) in [6, 6.07) is 50.4. The molecule has 0 radical (unpaired) electrons. The van der Waals surface area contributed by atoms with E-state index >= 15 is 0 Å². The summed E-state index contributed by atoms with van der Waals surface area (Å²) in [7, 11) is 0. The van der Waals surface area contributed by atoms with Crippen LogP contribution < -0.4 is 0 Å². The molecule has 0 saturated heterocycles. The number of hydrogen-bond donors (Lipinski definition) is 0. The number of aromatic nitrogens is 3. The third kappa shape index (κ3) is 4.25. The van der Waals surface area contributed by atoms with Crippen LogP contribution in [0, 0.1) is 0 Å². The van der Waals surface area contributed by atoms with E-state index in [-0.39, 0.29) is 5.41 Å². The van der Waals surface area contributed by atoms with Gasteiger partial charge in [0.1, 0.15) is 0 Å². The molecule has 0 bridgehead atoms. The van der Waals surface area contributed by atoms with Crippen molar-refractivity contribution in [2.45, 2.75) is 19.3 Å². The lowest BCUT2D eigenvalue weighted by Crippen LogP contribution is -2.14. The van der Waals surface area contributed by atoms with Crippen LogP contribution in [0.5, 0.6) is 0 Å². The van der Waals surface area contributed by atoms with Crippen LogP contribution in [0.25, 0.3) is 88.5 Å². The molecule has 0 saturated carbocycles. The van der Waals surface area contributed by atoms with Gasteiger partial charge in [-0.05, 0) is 90.0 Å². The fourth-order valence-electron chi connectivity index (χ4n) is 8.04. The summed E-state index contributed by atoms with van der Waals surface area (Å²) in [5, 5.41) is 7.55. The number of pyridine rings is 1. The molecule has 2 aromatic heterocycles. The lowest BCUT2D eigenvalue weighted by atomic mass is 9.82. The van der Waals surface area contributed by atoms with Crippen LogP contribution in [0.1, 0.15) is 25.0 Å². The van der Waals surface area contributed by atoms with E-state index < -0.39 is 0 Å². The zero-order valence-electron chi connectivity index (χ0n) is 27.3. The Balaban J connectivity index is 1.18. The summed E-state index contributed by atoms with van der Waals surface area (Å²) in [5.74, 6) is 0.711. The van der Waals surface area contributed by atoms with Crippen molar-refractivity contribution in [2.75, 3.05) is 0 Å². The Morgan fingerprint density at radius 2 is 1.04 bits per heavy atom. The summed E-state index contributed by atoms with van der Waals surface area (Å²) in [6.07, 6.45) is 3.66. The van der Waals surface area contributed by atoms with E-state index in [9.17, 15) is 0 Å². The summed E-state index contributed by atoms with van der Waals surface area (Å²) in [4.78, 5) is 14.7. The number of benzene rings is 7. The molecule has 3 heteroatoms. The Morgan fingerprint density at radius 3 is 1.86 bits per heavy atom. The average molecular weight is 626 g/mol. The molecule has 10 rings (SSSR count). The summed E-state index contributed by atoms with van der Waals surface area (Å²) in [5.41, 5.74) is 12.5. The van der Waals surface area contributed by atoms with Gasteiger partial charge in [0.05, 0.1) is 11.4 Å². The van der Waals surface area contributed by atoms with Crippen LogP contribution in [0.3, 0.4) is 0 Å². The molecule has 0 atom stereocenters. The number of rotatable bonds is 4. The minimum atomic E-state index is -0.102. The minimum Gasteiger partial charge on any atom is -0.265 e. The molecular formula is C46H31N3. The van der Waals surface area contributed by atoms with Gasteiger partial charge in [-0.15, -0.1) is 0 Å². The Kier molecular flexibility index (Phi) is 5.92. The molecule has 9 aromatic rings. The van der Waals surface area contributed by atoms with Gasteiger partial charge >= 0.3 is 0 Å². The maximum absolute atomic E-state index is 5.30. The first-order valence-electron chi connectivity index (χ1n) is 16.8. The highest BCUT2D eigenvalue weighted by atomic mass is 14.9. The van der Waals surface area contributed by atoms with Gasteiger partial charge in [0, 0.05) is 34.5 Å². The van der Waals surface area contributed by atoms with E-state index in [2.05, 4.69) is 146 Å². The van der Waals surface area contributed by atoms with Crippen molar-refractivity contribution in [3.8, 4) is 56.2 Å². The van der Waals surface area contributed by atoms with Gasteiger partial charge in [-0.2, -0.15) is 0 Å². The highest BCUT2D eigenvalue weighted by molar-refractivity contribution is 6.25. The Morgan fingerprint density at radius 1 is 0.429 bits per heavy atom. The molecule has 0 amide bonds. The van der Waals surface area contributed by atoms with Gasteiger partial charge in [-0.1, -0.05) is 129 Å². The third-order valence-electron chi connectivity index (χ3n) is 10.6. The van der Waals surface area contributed by atoms with E-state index in [0.717, 1.165) is 39.2 Å². The van der Waals surface area contributed by atoms with Crippen molar-refractivity contribution >= 4 is 32.3 Å². The minimum absolute atomic E-state index is 0.102. The zero-order valence-corrected chi connectivity index (χ0v) is 27.3. The lowest BCUT2D eigenvalue weighted by molar-refractivity contribution is 0.660. The lowest BCUT2D eigenvalue weighted by Gasteiger charge is -2.22. The maximum atomic E-state index is 5.30. The Labute approximate surface area is 284 Å². The van der Waals surface area contributed by atoms with Crippen LogP contribution >= 0.6 is 0 Å². The topological polar surface area (TPSA) is 38.7 Å². The molecule has 7 aromatic carbocycles. The number of nitrogens with zero attached hydrogens (tertiary/aromatic N) is 3. The monoisotopic (exact) mass is 625 g/mol. The van der Waals surface area contributed by atoms with Crippen molar-refractivity contribution in [3.63, 3.8) is 0 Å². The van der Waals surface area contributed by atoms with Gasteiger partial charge in [0.25, 0.3) is 0 Å². The predicted molar refractivity (Wildman–Crippen MR) is 203 cm³/mol. The average Bonchev–Trinajstić information content (AvgIpc) is 3.39. The van der Waals surface area contributed by atoms with Crippen LogP contribution in [-0.2, 0) is 5.41 Å². The number of hydrogen-bond acceptors (Lipinski definition) is 3. The maximum Gasteiger partial charge on any atom is 0.160 e. The molecule has 1 aliphatic rings. The highest BCUT2D eigenvalue weighted by Gasteiger charge is 2.35. The first-order chi connectivity index (χ1) is 24.0. The second-order valence-electron chi connectivity index (χ2n) is 13.7. The quantitative estimate of drug-likeness (QED) is 0.183. The van der Waals surface area contributed by atoms with Gasteiger partial charge in [0.2, 0.25) is 0 Å². The van der Waals surface area contributed by atoms with Crippen molar-refractivity contribution in [3.05, 3.63) is 163 Å². The SMILES string of the molecule is CC1(C)c2ccccc2-c2ccc(-c3cc(-c4ccc5ccc6cccc7ccc4c5c67)nc(-c4ccc(-c5ccncc5)cc4)n3)cc21. The second kappa shape index (κ2) is 10.4. The fraction of sp³-hybridized carbons (Fsp3) is 0.0652. The zero-order chi connectivity index (χ0) is 32.7. The van der Waals surface area contributed by atoms with E-state index in [4.69, 9.17) is 9.97 Å². The molecule has 0 fully saturated rings. The summed E-state index contributed by atoms with van der Waals surface area (Å²) < 4.78 is 0. The van der Waals surface area contributed by atoms with E-state index in [1.807, 2.05) is 24.5 Å². The first kappa shape index (κ1) is 27.9. The normalized spacial score (nSPS) is 13.3. The van der Waals surface area contributed by atoms with Crippen LogP contribution in [0.4, 0.5) is 0 Å². The Hall–Kier alpha value is -6.19. The largest absolute Gasteiger partial charge is 0.265 e. The number of fused-ring (bicyclic) bond motifs is 3. The molecule has 0 unspecified atom stereocenters. The van der Waals surface area contributed by atoms with Gasteiger partial charge in [0.15, 0.2) is 5.82 Å². The van der Waals surface area contributed by atoms with E-state index in [1.165, 1.54) is 54.6 Å². The van der Waals surface area contributed by atoms with Crippen LogP contribution in [0.15, 0.2) is 152 Å². The molecule has 0 spiro atoms. The van der Waals surface area contributed by atoms with Gasteiger partial charge in [-0.25, -0.2) is 9.97 Å². The molecule has 0 aliphatic heterocycles. The third-order valence-corrected chi connectivity index (χ3v) is 10.6. The molecule has 3 nitrogen and oxygen atoms in total. The van der Waals surface area contributed by atoms with Crippen LogP contribution in [0.2, 0.25) is 0 Å². The van der Waals surface area contributed by atoms with Crippen molar-refractivity contribution in [1.29, 1.82) is 0 Å². The first-order valence-corrected chi connectivity index (χ1v) is 16.8. The molecular weight excluding hydrogens is 595 g/mol. The molecule has 49 heavy (non-hydrogen) atoms. The van der Waals surface area contributed by atoms with Crippen molar-refractivity contribution in [2.24, 2.45) is 0 Å². The van der Waals surface area contributed by atoms with Crippen molar-refractivity contribution in [1.82, 2.24) is 15.0 Å².